The predicted molar refractivity (Wildman–Crippen MR) is 127 cm³/mol. The first-order valence-corrected chi connectivity index (χ1v) is 11.0. The number of carbonyl (C=O) groups excluding carboxylic acids is 1. The molecule has 7 heteroatoms. The zero-order valence-electron chi connectivity index (χ0n) is 18.6. The number of nitrogens with one attached hydrogen (secondary N) is 1. The molecule has 2 aliphatic rings. The number of ether oxygens (including phenoxy) is 1. The minimum absolute atomic E-state index is 0.0456. The smallest absolute Gasteiger partial charge is 0.322 e. The number of amidine groups is 1. The number of para-hydroxylation sites is 1. The normalized spacial score (nSPS) is 17.3. The van der Waals surface area contributed by atoms with Gasteiger partial charge in [-0.3, -0.25) is 0 Å². The highest BCUT2D eigenvalue weighted by atomic mass is 19.1. The molecule has 3 aromatic rings. The number of carbonyl (C=O) groups is 1. The van der Waals surface area contributed by atoms with Crippen molar-refractivity contribution in [1.82, 2.24) is 9.80 Å². The Morgan fingerprint density at radius 1 is 1.06 bits per heavy atom. The highest BCUT2D eigenvalue weighted by Crippen LogP contribution is 2.38. The Bertz CT molecular complexity index is 1230. The van der Waals surface area contributed by atoms with Crippen molar-refractivity contribution in [3.63, 3.8) is 0 Å². The SMILES string of the molecule is Cc1ccc2c(c1)Oc1ccccc1C(N1CCN(C(=O)Nc3ccc(F)cc3)C(C)C1)=N2. The number of aliphatic imine (C=N–C) groups is 1. The molecule has 168 valence electrons. The van der Waals surface area contributed by atoms with Crippen LogP contribution in [0.2, 0.25) is 0 Å². The van der Waals surface area contributed by atoms with Gasteiger partial charge in [0.2, 0.25) is 0 Å². The number of hydrogen-bond donors (Lipinski definition) is 1. The number of amides is 2. The molecular formula is C26H25FN4O2. The van der Waals surface area contributed by atoms with Crippen LogP contribution in [-0.2, 0) is 0 Å². The number of hydrogen-bond acceptors (Lipinski definition) is 4. The summed E-state index contributed by atoms with van der Waals surface area (Å²) in [6, 6.07) is 19.5. The number of rotatable bonds is 1. The van der Waals surface area contributed by atoms with Gasteiger partial charge in [0, 0.05) is 31.4 Å². The Morgan fingerprint density at radius 2 is 1.85 bits per heavy atom. The van der Waals surface area contributed by atoms with Crippen molar-refractivity contribution < 1.29 is 13.9 Å². The van der Waals surface area contributed by atoms with Gasteiger partial charge in [0.15, 0.2) is 5.75 Å². The van der Waals surface area contributed by atoms with E-state index in [4.69, 9.17) is 9.73 Å². The highest BCUT2D eigenvalue weighted by molar-refractivity contribution is 6.04. The standard InChI is InChI=1S/C26H25FN4O2/c1-17-7-12-22-24(15-17)33-23-6-4-3-5-21(23)25(29-22)30-13-14-31(18(2)16-30)26(32)28-20-10-8-19(27)9-11-20/h3-12,15,18H,13-14,16H2,1-2H3,(H,28,32). The third-order valence-corrected chi connectivity index (χ3v) is 5.97. The molecule has 1 N–H and O–H groups in total. The maximum atomic E-state index is 13.2. The van der Waals surface area contributed by atoms with Crippen LogP contribution in [0.25, 0.3) is 0 Å². The molecule has 1 saturated heterocycles. The Morgan fingerprint density at radius 3 is 2.64 bits per heavy atom. The van der Waals surface area contributed by atoms with Crippen molar-refractivity contribution in [2.45, 2.75) is 19.9 Å². The third kappa shape index (κ3) is 4.26. The van der Waals surface area contributed by atoms with Crippen molar-refractivity contribution in [1.29, 1.82) is 0 Å². The fourth-order valence-corrected chi connectivity index (χ4v) is 4.25. The van der Waals surface area contributed by atoms with Crippen LogP contribution in [0, 0.1) is 12.7 Å². The quantitative estimate of drug-likeness (QED) is 0.535. The summed E-state index contributed by atoms with van der Waals surface area (Å²) in [6.45, 7) is 5.86. The largest absolute Gasteiger partial charge is 0.454 e. The number of benzene rings is 3. The van der Waals surface area contributed by atoms with E-state index in [1.54, 1.807) is 17.0 Å². The molecule has 0 aliphatic carbocycles. The molecule has 33 heavy (non-hydrogen) atoms. The summed E-state index contributed by atoms with van der Waals surface area (Å²) in [5, 5.41) is 2.86. The molecule has 5 rings (SSSR count). The summed E-state index contributed by atoms with van der Waals surface area (Å²) in [4.78, 5) is 21.8. The van der Waals surface area contributed by atoms with Gasteiger partial charge in [-0.2, -0.15) is 0 Å². The fraction of sp³-hybridized carbons (Fsp3) is 0.231. The first kappa shape index (κ1) is 21.0. The molecule has 1 unspecified atom stereocenters. The van der Waals surface area contributed by atoms with Gasteiger partial charge < -0.3 is 19.9 Å². The van der Waals surface area contributed by atoms with Crippen molar-refractivity contribution in [2.75, 3.05) is 25.0 Å². The second-order valence-corrected chi connectivity index (χ2v) is 8.43. The van der Waals surface area contributed by atoms with Gasteiger partial charge in [-0.05, 0) is 67.9 Å². The van der Waals surface area contributed by atoms with Crippen LogP contribution in [-0.4, -0.2) is 47.3 Å². The lowest BCUT2D eigenvalue weighted by molar-refractivity contribution is 0.145. The summed E-state index contributed by atoms with van der Waals surface area (Å²) < 4.78 is 19.4. The van der Waals surface area contributed by atoms with Crippen molar-refractivity contribution in [3.05, 3.63) is 83.7 Å². The molecule has 2 aliphatic heterocycles. The van der Waals surface area contributed by atoms with Gasteiger partial charge in [0.25, 0.3) is 0 Å². The monoisotopic (exact) mass is 444 g/mol. The maximum Gasteiger partial charge on any atom is 0.322 e. The van der Waals surface area contributed by atoms with Gasteiger partial charge in [-0.25, -0.2) is 14.2 Å². The van der Waals surface area contributed by atoms with Crippen LogP contribution in [0.1, 0.15) is 18.1 Å². The number of aryl methyl sites for hydroxylation is 1. The zero-order valence-corrected chi connectivity index (χ0v) is 18.6. The van der Waals surface area contributed by atoms with E-state index in [-0.39, 0.29) is 17.9 Å². The first-order valence-electron chi connectivity index (χ1n) is 11.0. The van der Waals surface area contributed by atoms with Crippen molar-refractivity contribution in [3.8, 4) is 11.5 Å². The van der Waals surface area contributed by atoms with E-state index in [0.717, 1.165) is 34.1 Å². The molecule has 1 atom stereocenters. The van der Waals surface area contributed by atoms with E-state index in [2.05, 4.69) is 10.2 Å². The maximum absolute atomic E-state index is 13.2. The molecule has 2 amide bonds. The van der Waals surface area contributed by atoms with Crippen LogP contribution in [0.15, 0.2) is 71.7 Å². The Balaban J connectivity index is 1.38. The average molecular weight is 445 g/mol. The molecule has 0 spiro atoms. The molecule has 2 heterocycles. The van der Waals surface area contributed by atoms with Crippen molar-refractivity contribution in [2.24, 2.45) is 4.99 Å². The lowest BCUT2D eigenvalue weighted by Gasteiger charge is -2.41. The minimum Gasteiger partial charge on any atom is -0.454 e. The number of fused-ring (bicyclic) bond motifs is 2. The summed E-state index contributed by atoms with van der Waals surface area (Å²) in [5.74, 6) is 2.02. The number of anilines is 1. The summed E-state index contributed by atoms with van der Waals surface area (Å²) in [7, 11) is 0. The van der Waals surface area contributed by atoms with Gasteiger partial charge in [-0.15, -0.1) is 0 Å². The van der Waals surface area contributed by atoms with Crippen LogP contribution in [0.4, 0.5) is 20.6 Å². The third-order valence-electron chi connectivity index (χ3n) is 5.97. The fourth-order valence-electron chi connectivity index (χ4n) is 4.25. The van der Waals surface area contributed by atoms with Crippen LogP contribution in [0.5, 0.6) is 11.5 Å². The summed E-state index contributed by atoms with van der Waals surface area (Å²) in [5.41, 5.74) is 3.40. The Labute approximate surface area is 192 Å². The number of piperazine rings is 1. The Kier molecular flexibility index (Phi) is 5.46. The number of urea groups is 1. The lowest BCUT2D eigenvalue weighted by Crippen LogP contribution is -2.56. The molecule has 6 nitrogen and oxygen atoms in total. The van der Waals surface area contributed by atoms with E-state index in [1.165, 1.54) is 12.1 Å². The molecule has 0 bridgehead atoms. The van der Waals surface area contributed by atoms with Gasteiger partial charge in [-0.1, -0.05) is 18.2 Å². The summed E-state index contributed by atoms with van der Waals surface area (Å²) >= 11 is 0. The first-order chi connectivity index (χ1) is 16.0. The second-order valence-electron chi connectivity index (χ2n) is 8.43. The Hall–Kier alpha value is -3.87. The predicted octanol–water partition coefficient (Wildman–Crippen LogP) is 5.56. The van der Waals surface area contributed by atoms with E-state index >= 15 is 0 Å². The molecule has 0 saturated carbocycles. The van der Waals surface area contributed by atoms with E-state index in [0.29, 0.717) is 25.3 Å². The second kappa shape index (κ2) is 8.58. The average Bonchev–Trinajstić information content (AvgIpc) is 2.96. The molecule has 3 aromatic carbocycles. The van der Waals surface area contributed by atoms with Gasteiger partial charge in [0.1, 0.15) is 23.1 Å². The zero-order chi connectivity index (χ0) is 22.9. The van der Waals surface area contributed by atoms with Crippen molar-refractivity contribution >= 4 is 23.2 Å². The highest BCUT2D eigenvalue weighted by Gasteiger charge is 2.31. The topological polar surface area (TPSA) is 57.2 Å². The molecule has 0 radical (unpaired) electrons. The summed E-state index contributed by atoms with van der Waals surface area (Å²) in [6.07, 6.45) is 0. The van der Waals surface area contributed by atoms with Gasteiger partial charge >= 0.3 is 6.03 Å². The number of halogens is 1. The number of nitrogens with zero attached hydrogens (tertiary/aromatic N) is 3. The van der Waals surface area contributed by atoms with E-state index in [1.807, 2.05) is 56.3 Å². The van der Waals surface area contributed by atoms with E-state index in [9.17, 15) is 9.18 Å². The van der Waals surface area contributed by atoms with Crippen LogP contribution in [0.3, 0.4) is 0 Å². The minimum atomic E-state index is -0.333. The molecule has 0 aromatic heterocycles. The van der Waals surface area contributed by atoms with E-state index < -0.39 is 0 Å². The van der Waals surface area contributed by atoms with Gasteiger partial charge in [0.05, 0.1) is 5.56 Å². The molecular weight excluding hydrogens is 419 g/mol. The van der Waals surface area contributed by atoms with Crippen LogP contribution >= 0.6 is 0 Å². The van der Waals surface area contributed by atoms with Crippen LogP contribution < -0.4 is 10.1 Å². The lowest BCUT2D eigenvalue weighted by atomic mass is 10.1. The molecule has 1 fully saturated rings.